The van der Waals surface area contributed by atoms with Gasteiger partial charge in [0.05, 0.1) is 11.3 Å². The maximum atomic E-state index is 14.2. The van der Waals surface area contributed by atoms with E-state index in [9.17, 15) is 49.2 Å². The number of nitrogens with two attached hydrogens (primary N) is 1. The van der Waals surface area contributed by atoms with Gasteiger partial charge in [0.25, 0.3) is 0 Å². The number of carbonyl (C=O) groups excluding carboxylic acids is 4. The Morgan fingerprint density at radius 3 is 1.86 bits per heavy atom. The van der Waals surface area contributed by atoms with E-state index in [4.69, 9.17) is 5.73 Å². The fourth-order valence-corrected chi connectivity index (χ4v) is 8.50. The van der Waals surface area contributed by atoms with Crippen LogP contribution in [0.1, 0.15) is 57.8 Å². The third-order valence-corrected chi connectivity index (χ3v) is 11.6. The predicted molar refractivity (Wildman–Crippen MR) is 188 cm³/mol. The molecule has 0 aliphatic carbocycles. The van der Waals surface area contributed by atoms with Gasteiger partial charge in [0, 0.05) is 9.49 Å². The Hall–Kier alpha value is -4.52. The molecule has 0 spiro atoms. The molecule has 0 saturated carbocycles. The monoisotopic (exact) mass is 746 g/mol. The molecule has 16 nitrogen and oxygen atoms in total. The van der Waals surface area contributed by atoms with E-state index in [2.05, 4.69) is 21.3 Å². The summed E-state index contributed by atoms with van der Waals surface area (Å²) >= 11 is 2.36. The van der Waals surface area contributed by atoms with Crippen LogP contribution in [0.25, 0.3) is 0 Å². The minimum absolute atomic E-state index is 0.0588. The lowest BCUT2D eigenvalue weighted by atomic mass is 10.0. The first-order valence-corrected chi connectivity index (χ1v) is 17.7. The summed E-state index contributed by atoms with van der Waals surface area (Å²) in [5.41, 5.74) is 6.68. The molecule has 4 amide bonds. The molecule has 0 aromatic heterocycles. The van der Waals surface area contributed by atoms with Crippen LogP contribution in [0.3, 0.4) is 0 Å². The molecule has 2 saturated heterocycles. The fraction of sp³-hybridized carbons (Fsp3) is 0.455. The summed E-state index contributed by atoms with van der Waals surface area (Å²) in [7, 11) is 0. The molecule has 51 heavy (non-hydrogen) atoms. The standard InChI is InChI=1S/C33H42N6O10S2/c1-15(29(45)39-14-50-33(4,5)24(39)31(48)49)35-26(43)21(17-8-12-19(41)13-9-17)36-27(44)22(28-38-23(30(46)47)32(2,3)51-28)37-25(42)20(34)16-6-10-18(40)11-7-16/h6-13,15,20-24,28,38,40-41H,14,34H2,1-5H3,(H,35,43)(H,36,44)(H,37,42)(H,46,47)(H,48,49). The minimum Gasteiger partial charge on any atom is -0.508 e. The zero-order valence-electron chi connectivity index (χ0n) is 28.4. The quantitative estimate of drug-likeness (QED) is 0.144. The van der Waals surface area contributed by atoms with Gasteiger partial charge in [0.15, 0.2) is 0 Å². The van der Waals surface area contributed by atoms with E-state index in [1.165, 1.54) is 72.1 Å². The molecule has 2 aliphatic heterocycles. The summed E-state index contributed by atoms with van der Waals surface area (Å²) in [4.78, 5) is 80.2. The smallest absolute Gasteiger partial charge is 0.327 e. The van der Waals surface area contributed by atoms with Crippen LogP contribution in [-0.2, 0) is 28.8 Å². The second-order valence-electron chi connectivity index (χ2n) is 13.3. The molecule has 2 aromatic carbocycles. The van der Waals surface area contributed by atoms with E-state index >= 15 is 0 Å². The highest BCUT2D eigenvalue weighted by atomic mass is 32.2. The molecule has 7 unspecified atom stereocenters. The van der Waals surface area contributed by atoms with Gasteiger partial charge in [0.1, 0.15) is 47.8 Å². The van der Waals surface area contributed by atoms with Crippen molar-refractivity contribution in [3.05, 3.63) is 59.7 Å². The summed E-state index contributed by atoms with van der Waals surface area (Å²) in [6.45, 7) is 8.09. The van der Waals surface area contributed by atoms with Crippen molar-refractivity contribution in [2.75, 3.05) is 5.88 Å². The van der Waals surface area contributed by atoms with Crippen molar-refractivity contribution in [3.8, 4) is 11.5 Å². The zero-order chi connectivity index (χ0) is 38.0. The number of hydrogen-bond donors (Lipinski definition) is 9. The third-order valence-electron chi connectivity index (χ3n) is 8.69. The van der Waals surface area contributed by atoms with Crippen molar-refractivity contribution in [2.45, 2.75) is 85.7 Å². The molecule has 0 bridgehead atoms. The van der Waals surface area contributed by atoms with Crippen molar-refractivity contribution in [2.24, 2.45) is 5.73 Å². The van der Waals surface area contributed by atoms with Gasteiger partial charge >= 0.3 is 11.9 Å². The Kier molecular flexibility index (Phi) is 11.8. The highest BCUT2D eigenvalue weighted by molar-refractivity contribution is 8.01. The van der Waals surface area contributed by atoms with Crippen LogP contribution >= 0.6 is 23.5 Å². The van der Waals surface area contributed by atoms with Crippen molar-refractivity contribution < 1.29 is 49.2 Å². The average Bonchev–Trinajstić information content (AvgIpc) is 3.56. The number of phenols is 2. The Labute approximate surface area is 302 Å². The van der Waals surface area contributed by atoms with Crippen LogP contribution in [0.15, 0.2) is 48.5 Å². The molecule has 18 heteroatoms. The van der Waals surface area contributed by atoms with Gasteiger partial charge in [-0.3, -0.25) is 29.3 Å². The van der Waals surface area contributed by atoms with Crippen LogP contribution in [0.5, 0.6) is 11.5 Å². The van der Waals surface area contributed by atoms with E-state index < -0.39 is 86.7 Å². The number of aromatic hydroxyl groups is 2. The van der Waals surface area contributed by atoms with E-state index in [0.29, 0.717) is 5.56 Å². The normalized spacial score (nSPS) is 22.9. The minimum atomic E-state index is -1.51. The van der Waals surface area contributed by atoms with E-state index in [1.807, 2.05) is 0 Å². The molecule has 2 heterocycles. The number of phenolic OH excluding ortho intramolecular Hbond substituents is 2. The van der Waals surface area contributed by atoms with Crippen molar-refractivity contribution >= 4 is 59.1 Å². The molecule has 7 atom stereocenters. The maximum Gasteiger partial charge on any atom is 0.327 e. The van der Waals surface area contributed by atoms with Crippen molar-refractivity contribution in [3.63, 3.8) is 0 Å². The lowest BCUT2D eigenvalue weighted by Crippen LogP contribution is -2.59. The maximum absolute atomic E-state index is 14.2. The second-order valence-corrected chi connectivity index (χ2v) is 16.7. The third kappa shape index (κ3) is 8.87. The summed E-state index contributed by atoms with van der Waals surface area (Å²) in [5.74, 6) is -5.76. The van der Waals surface area contributed by atoms with Crippen molar-refractivity contribution in [1.29, 1.82) is 0 Å². The second kappa shape index (κ2) is 15.4. The van der Waals surface area contributed by atoms with Gasteiger partial charge in [-0.05, 0) is 70.0 Å². The first kappa shape index (κ1) is 39.3. The number of nitrogens with zero attached hydrogens (tertiary/aromatic N) is 1. The van der Waals surface area contributed by atoms with E-state index in [0.717, 1.165) is 11.8 Å². The predicted octanol–water partition coefficient (Wildman–Crippen LogP) is 0.604. The van der Waals surface area contributed by atoms with Crippen LogP contribution in [0, 0.1) is 0 Å². The van der Waals surface area contributed by atoms with E-state index in [1.54, 1.807) is 27.7 Å². The first-order valence-electron chi connectivity index (χ1n) is 15.8. The van der Waals surface area contributed by atoms with Crippen LogP contribution < -0.4 is 27.0 Å². The number of carbonyl (C=O) groups is 6. The number of carboxylic acid groups (broad SMARTS) is 2. The molecule has 10 N–H and O–H groups in total. The molecule has 276 valence electrons. The van der Waals surface area contributed by atoms with Crippen molar-refractivity contribution in [1.82, 2.24) is 26.2 Å². The lowest BCUT2D eigenvalue weighted by Gasteiger charge is -2.31. The summed E-state index contributed by atoms with van der Waals surface area (Å²) in [5, 5.41) is 48.8. The van der Waals surface area contributed by atoms with Gasteiger partial charge in [-0.1, -0.05) is 24.3 Å². The number of carboxylic acids is 2. The number of benzene rings is 2. The Bertz CT molecular complexity index is 1670. The average molecular weight is 747 g/mol. The molecule has 2 fully saturated rings. The number of rotatable bonds is 12. The summed E-state index contributed by atoms with van der Waals surface area (Å²) in [6, 6.07) is 2.99. The number of aliphatic carboxylic acids is 2. The van der Waals surface area contributed by atoms with Crippen LogP contribution in [-0.4, -0.2) is 106 Å². The molecule has 4 rings (SSSR count). The van der Waals surface area contributed by atoms with Gasteiger partial charge in [-0.25, -0.2) is 4.79 Å². The Balaban J connectivity index is 1.62. The number of hydrogen-bond acceptors (Lipinski definition) is 12. The highest BCUT2D eigenvalue weighted by Gasteiger charge is 2.51. The largest absolute Gasteiger partial charge is 0.508 e. The number of amides is 4. The van der Waals surface area contributed by atoms with Gasteiger partial charge in [0.2, 0.25) is 23.6 Å². The summed E-state index contributed by atoms with van der Waals surface area (Å²) in [6.07, 6.45) is 0. The molecule has 2 aliphatic rings. The Morgan fingerprint density at radius 2 is 1.35 bits per heavy atom. The van der Waals surface area contributed by atoms with Crippen LogP contribution in [0.2, 0.25) is 0 Å². The number of nitrogens with one attached hydrogen (secondary N) is 4. The fourth-order valence-electron chi connectivity index (χ4n) is 5.87. The molecule has 2 aromatic rings. The SMILES string of the molecule is CC(NC(=O)C(NC(=O)C(NC(=O)C(N)c1ccc(O)cc1)C1NC(C(=O)O)C(C)(C)S1)c1ccc(O)cc1)C(=O)N1CSC(C)(C)C1C(=O)O. The Morgan fingerprint density at radius 1 is 0.804 bits per heavy atom. The number of thioether (sulfide) groups is 2. The van der Waals surface area contributed by atoms with Gasteiger partial charge in [-0.2, -0.15) is 0 Å². The zero-order valence-corrected chi connectivity index (χ0v) is 30.1. The molecule has 0 radical (unpaired) electrons. The highest BCUT2D eigenvalue weighted by Crippen LogP contribution is 2.40. The topological polar surface area (TPSA) is 261 Å². The summed E-state index contributed by atoms with van der Waals surface area (Å²) < 4.78 is -1.74. The molecular formula is C33H42N6O10S2. The van der Waals surface area contributed by atoms with E-state index in [-0.39, 0.29) is 22.9 Å². The lowest BCUT2D eigenvalue weighted by molar-refractivity contribution is -0.150. The van der Waals surface area contributed by atoms with Gasteiger partial charge < -0.3 is 47.0 Å². The first-order chi connectivity index (χ1) is 23.7. The van der Waals surface area contributed by atoms with Gasteiger partial charge in [-0.15, -0.1) is 23.5 Å². The van der Waals surface area contributed by atoms with Crippen LogP contribution in [0.4, 0.5) is 0 Å². The molecular weight excluding hydrogens is 705 g/mol.